The molecule has 0 saturated carbocycles. The van der Waals surface area contributed by atoms with Crippen molar-refractivity contribution >= 4 is 17.6 Å². The molecule has 2 unspecified atom stereocenters. The average molecular weight is 310 g/mol. The maximum absolute atomic E-state index is 14.9. The van der Waals surface area contributed by atoms with Crippen molar-refractivity contribution in [2.75, 3.05) is 24.5 Å². The smallest absolute Gasteiger partial charge is 0.336 e. The van der Waals surface area contributed by atoms with E-state index in [2.05, 4.69) is 5.32 Å². The number of hydrogen-bond acceptors (Lipinski definition) is 3. The maximum atomic E-state index is 14.9. The Balaban J connectivity index is 2.02. The van der Waals surface area contributed by atoms with Crippen molar-refractivity contribution in [1.29, 1.82) is 0 Å². The van der Waals surface area contributed by atoms with Crippen molar-refractivity contribution in [3.8, 4) is 0 Å². The van der Waals surface area contributed by atoms with Gasteiger partial charge in [0.25, 0.3) is 5.91 Å². The third kappa shape index (κ3) is 2.08. The Morgan fingerprint density at radius 3 is 2.86 bits per heavy atom. The second-order valence-electron chi connectivity index (χ2n) is 5.83. The molecule has 0 aromatic heterocycles. The van der Waals surface area contributed by atoms with Crippen molar-refractivity contribution in [3.63, 3.8) is 0 Å². The molecular weight excluding hydrogens is 294 g/mol. The number of piperidine rings is 1. The van der Waals surface area contributed by atoms with E-state index in [9.17, 15) is 18.4 Å². The minimum absolute atomic E-state index is 0.00283. The van der Waals surface area contributed by atoms with Crippen LogP contribution < -0.4 is 10.2 Å². The van der Waals surface area contributed by atoms with Crippen LogP contribution in [0, 0.1) is 18.7 Å². The second-order valence-corrected chi connectivity index (χ2v) is 5.83. The van der Waals surface area contributed by atoms with E-state index in [1.165, 1.54) is 13.0 Å². The van der Waals surface area contributed by atoms with Gasteiger partial charge in [-0.3, -0.25) is 4.79 Å². The Morgan fingerprint density at radius 1 is 1.50 bits per heavy atom. The van der Waals surface area contributed by atoms with Gasteiger partial charge in [0, 0.05) is 31.1 Å². The Bertz CT molecular complexity index is 664. The Labute approximate surface area is 125 Å². The number of alkyl halides is 1. The van der Waals surface area contributed by atoms with Crippen molar-refractivity contribution < 1.29 is 23.5 Å². The predicted molar refractivity (Wildman–Crippen MR) is 75.3 cm³/mol. The number of amides is 1. The van der Waals surface area contributed by atoms with Gasteiger partial charge in [-0.2, -0.15) is 0 Å². The molecule has 5 nitrogen and oxygen atoms in total. The number of carbonyl (C=O) groups is 2. The topological polar surface area (TPSA) is 69.6 Å². The summed E-state index contributed by atoms with van der Waals surface area (Å²) in [4.78, 5) is 24.7. The number of nitrogens with zero attached hydrogens (tertiary/aromatic N) is 1. The van der Waals surface area contributed by atoms with Gasteiger partial charge in [-0.05, 0) is 31.2 Å². The van der Waals surface area contributed by atoms with Gasteiger partial charge in [-0.1, -0.05) is 0 Å². The summed E-state index contributed by atoms with van der Waals surface area (Å²) in [5.74, 6) is -3.22. The van der Waals surface area contributed by atoms with Crippen LogP contribution in [0.1, 0.15) is 22.3 Å². The molecule has 2 fully saturated rings. The summed E-state index contributed by atoms with van der Waals surface area (Å²) >= 11 is 0. The summed E-state index contributed by atoms with van der Waals surface area (Å²) in [7, 11) is 0. The van der Waals surface area contributed by atoms with E-state index in [0.29, 0.717) is 13.1 Å². The summed E-state index contributed by atoms with van der Waals surface area (Å²) in [6.07, 6.45) is 0.0765. The first-order valence-corrected chi connectivity index (χ1v) is 7.09. The van der Waals surface area contributed by atoms with Crippen LogP contribution in [-0.4, -0.2) is 42.3 Å². The van der Waals surface area contributed by atoms with E-state index in [1.54, 1.807) is 0 Å². The fraction of sp³-hybridized carbons (Fsp3) is 0.467. The summed E-state index contributed by atoms with van der Waals surface area (Å²) in [5, 5.41) is 12.2. The monoisotopic (exact) mass is 310 g/mol. The van der Waals surface area contributed by atoms with Gasteiger partial charge in [-0.15, -0.1) is 0 Å². The zero-order valence-electron chi connectivity index (χ0n) is 12.0. The van der Waals surface area contributed by atoms with E-state index < -0.39 is 29.3 Å². The Hall–Kier alpha value is -2.02. The first-order valence-electron chi connectivity index (χ1n) is 7.09. The minimum atomic E-state index is -1.95. The number of benzene rings is 1. The van der Waals surface area contributed by atoms with Crippen molar-refractivity contribution in [2.45, 2.75) is 19.0 Å². The van der Waals surface area contributed by atoms with Gasteiger partial charge < -0.3 is 15.3 Å². The van der Waals surface area contributed by atoms with Crippen molar-refractivity contribution in [3.05, 3.63) is 29.1 Å². The molecule has 22 heavy (non-hydrogen) atoms. The number of halogens is 2. The molecule has 1 aromatic rings. The normalized spacial score (nSPS) is 27.9. The molecule has 1 aromatic carbocycles. The number of aromatic carboxylic acids is 1. The molecule has 0 spiro atoms. The zero-order valence-corrected chi connectivity index (χ0v) is 12.0. The molecule has 118 valence electrons. The number of carboxylic acid groups (broad SMARTS) is 1. The molecule has 0 aliphatic carbocycles. The predicted octanol–water partition coefficient (Wildman–Crippen LogP) is 1.50. The minimum Gasteiger partial charge on any atom is -0.478 e. The molecule has 2 saturated heterocycles. The molecule has 2 aliphatic heterocycles. The van der Waals surface area contributed by atoms with Gasteiger partial charge >= 0.3 is 5.97 Å². The SMILES string of the molecule is Cc1c(F)cc(N2CC3CNCCC3(F)C2=O)cc1C(=O)O. The largest absolute Gasteiger partial charge is 0.478 e. The van der Waals surface area contributed by atoms with E-state index >= 15 is 0 Å². The van der Waals surface area contributed by atoms with Crippen molar-refractivity contribution in [2.24, 2.45) is 5.92 Å². The lowest BCUT2D eigenvalue weighted by Crippen LogP contribution is -2.49. The van der Waals surface area contributed by atoms with Gasteiger partial charge in [0.05, 0.1) is 5.56 Å². The van der Waals surface area contributed by atoms with Crippen LogP contribution in [0.25, 0.3) is 0 Å². The van der Waals surface area contributed by atoms with Crippen LogP contribution in [0.4, 0.5) is 14.5 Å². The zero-order chi connectivity index (χ0) is 16.1. The van der Waals surface area contributed by atoms with E-state index in [0.717, 1.165) is 11.0 Å². The van der Waals surface area contributed by atoms with Gasteiger partial charge in [-0.25, -0.2) is 13.6 Å². The Kier molecular flexibility index (Phi) is 3.40. The molecule has 7 heteroatoms. The molecule has 0 radical (unpaired) electrons. The van der Waals surface area contributed by atoms with E-state index in [1.807, 2.05) is 0 Å². The number of rotatable bonds is 2. The molecule has 2 aliphatic rings. The molecule has 2 N–H and O–H groups in total. The van der Waals surface area contributed by atoms with Crippen LogP contribution in [-0.2, 0) is 4.79 Å². The van der Waals surface area contributed by atoms with Crippen LogP contribution >= 0.6 is 0 Å². The number of carbonyl (C=O) groups excluding carboxylic acids is 1. The molecule has 1 amide bonds. The van der Waals surface area contributed by atoms with Gasteiger partial charge in [0.1, 0.15) is 5.82 Å². The lowest BCUT2D eigenvalue weighted by molar-refractivity contribution is -0.130. The third-order valence-electron chi connectivity index (χ3n) is 4.58. The lowest BCUT2D eigenvalue weighted by Gasteiger charge is -2.29. The summed E-state index contributed by atoms with van der Waals surface area (Å²) < 4.78 is 28.8. The average Bonchev–Trinajstić information content (AvgIpc) is 2.74. The molecular formula is C15H16F2N2O3. The maximum Gasteiger partial charge on any atom is 0.336 e. The molecule has 0 bridgehead atoms. The fourth-order valence-electron chi connectivity index (χ4n) is 3.20. The lowest BCUT2D eigenvalue weighted by atomic mass is 9.86. The highest BCUT2D eigenvalue weighted by Crippen LogP contribution is 2.40. The highest BCUT2D eigenvalue weighted by molar-refractivity contribution is 6.03. The molecule has 2 heterocycles. The second kappa shape index (κ2) is 5.01. The highest BCUT2D eigenvalue weighted by Gasteiger charge is 2.56. The van der Waals surface area contributed by atoms with Crippen LogP contribution in [0.15, 0.2) is 12.1 Å². The summed E-state index contributed by atoms with van der Waals surface area (Å²) in [5.41, 5.74) is -2.08. The fourth-order valence-corrected chi connectivity index (χ4v) is 3.20. The number of carboxylic acids is 1. The van der Waals surface area contributed by atoms with E-state index in [4.69, 9.17) is 5.11 Å². The summed E-state index contributed by atoms with van der Waals surface area (Å²) in [6, 6.07) is 2.32. The Morgan fingerprint density at radius 2 is 2.23 bits per heavy atom. The highest BCUT2D eigenvalue weighted by atomic mass is 19.1. The van der Waals surface area contributed by atoms with Crippen LogP contribution in [0.2, 0.25) is 0 Å². The van der Waals surface area contributed by atoms with Crippen LogP contribution in [0.5, 0.6) is 0 Å². The number of fused-ring (bicyclic) bond motifs is 1. The van der Waals surface area contributed by atoms with Gasteiger partial charge in [0.15, 0.2) is 5.67 Å². The number of hydrogen-bond donors (Lipinski definition) is 2. The number of nitrogens with one attached hydrogen (secondary N) is 1. The first-order chi connectivity index (χ1) is 10.3. The molecule has 2 atom stereocenters. The van der Waals surface area contributed by atoms with Crippen molar-refractivity contribution in [1.82, 2.24) is 5.32 Å². The van der Waals surface area contributed by atoms with Crippen LogP contribution in [0.3, 0.4) is 0 Å². The standard InChI is InChI=1S/C15H16F2N2O3/c1-8-11(13(20)21)4-10(5-12(8)16)19-7-9-6-18-3-2-15(9,17)14(19)22/h4-5,9,18H,2-3,6-7H2,1H3,(H,20,21). The first kappa shape index (κ1) is 14.9. The van der Waals surface area contributed by atoms with E-state index in [-0.39, 0.29) is 29.8 Å². The number of anilines is 1. The third-order valence-corrected chi connectivity index (χ3v) is 4.58. The quantitative estimate of drug-likeness (QED) is 0.868. The van der Waals surface area contributed by atoms with Gasteiger partial charge in [0.2, 0.25) is 0 Å². The molecule has 3 rings (SSSR count). The summed E-state index contributed by atoms with van der Waals surface area (Å²) in [6.45, 7) is 2.26.